The normalized spacial score (nSPS) is 14.1. The maximum Gasteiger partial charge on any atom is 0.220 e. The van der Waals surface area contributed by atoms with Gasteiger partial charge >= 0.3 is 0 Å². The van der Waals surface area contributed by atoms with Gasteiger partial charge in [-0.3, -0.25) is 4.79 Å². The minimum absolute atomic E-state index is 0.0813. The topological polar surface area (TPSA) is 69.6 Å². The molecule has 0 aliphatic heterocycles. The lowest BCUT2D eigenvalue weighted by Gasteiger charge is -2.20. The highest BCUT2D eigenvalue weighted by atomic mass is 16.3. The van der Waals surface area contributed by atoms with E-state index in [0.29, 0.717) is 6.42 Å². The van der Waals surface area contributed by atoms with E-state index in [1.54, 1.807) is 6.08 Å². The van der Waals surface area contributed by atoms with Crippen LogP contribution in [-0.2, 0) is 4.79 Å². The first kappa shape index (κ1) is 52.8. The Morgan fingerprint density at radius 1 is 0.446 bits per heavy atom. The largest absolute Gasteiger partial charge is 0.394 e. The zero-order valence-corrected chi connectivity index (χ0v) is 36.1. The van der Waals surface area contributed by atoms with Crippen molar-refractivity contribution in [2.75, 3.05) is 6.61 Å². The molecule has 0 saturated carbocycles. The average molecular weight is 772 g/mol. The maximum atomic E-state index is 12.3. The number of carbonyl (C=O) groups is 1. The number of unbranched alkanes of at least 4 members (excludes halogenated alkanes) is 14. The average Bonchev–Trinajstić information content (AvgIpc) is 3.20. The van der Waals surface area contributed by atoms with E-state index in [-0.39, 0.29) is 12.5 Å². The standard InChI is InChI=1S/C52H85NO3/c1-3-5-7-9-10-11-12-13-14-15-16-17-18-19-20-21-22-23-24-25-26-27-28-29-30-31-32-33-34-35-36-37-38-39-40-41-42-44-46-48-52(56)53-50(49-54)51(55)47-45-43-8-6-4-2/h5,7,10-11,13-14,16-17,19-20,22-23,25-26,28-29,31-32,45,47,50-51,54-55H,3-4,6,8-9,12,15,18,21,24,27,30,33-44,46,48-49H2,1-2H3,(H,53,56)/b7-5-,11-10-,14-13-,17-16-,20-19-,23-22-,26-25-,29-28-,32-31-,47-45+. The van der Waals surface area contributed by atoms with Gasteiger partial charge in [0.25, 0.3) is 0 Å². The Hall–Kier alpha value is -3.21. The summed E-state index contributed by atoms with van der Waals surface area (Å²) in [5.41, 5.74) is 0. The quantitative estimate of drug-likeness (QED) is 0.0430. The van der Waals surface area contributed by atoms with E-state index in [1.807, 2.05) is 6.08 Å². The van der Waals surface area contributed by atoms with E-state index < -0.39 is 12.1 Å². The molecule has 0 aromatic carbocycles. The van der Waals surface area contributed by atoms with Crippen LogP contribution in [0.15, 0.2) is 122 Å². The fourth-order valence-corrected chi connectivity index (χ4v) is 5.99. The van der Waals surface area contributed by atoms with Gasteiger partial charge in [-0.25, -0.2) is 0 Å². The Morgan fingerprint density at radius 3 is 1.18 bits per heavy atom. The molecule has 2 unspecified atom stereocenters. The predicted octanol–water partition coefficient (Wildman–Crippen LogP) is 14.6. The molecular weight excluding hydrogens is 687 g/mol. The molecule has 4 heteroatoms. The van der Waals surface area contributed by atoms with Crippen molar-refractivity contribution in [3.05, 3.63) is 122 Å². The van der Waals surface area contributed by atoms with E-state index >= 15 is 0 Å². The van der Waals surface area contributed by atoms with E-state index in [9.17, 15) is 15.0 Å². The van der Waals surface area contributed by atoms with Crippen LogP contribution in [0.3, 0.4) is 0 Å². The molecular formula is C52H85NO3. The van der Waals surface area contributed by atoms with E-state index in [2.05, 4.69) is 129 Å². The van der Waals surface area contributed by atoms with Crippen molar-refractivity contribution in [2.24, 2.45) is 0 Å². The molecule has 0 heterocycles. The van der Waals surface area contributed by atoms with Crippen LogP contribution in [0.2, 0.25) is 0 Å². The van der Waals surface area contributed by atoms with Crippen LogP contribution in [0.5, 0.6) is 0 Å². The van der Waals surface area contributed by atoms with Gasteiger partial charge < -0.3 is 15.5 Å². The predicted molar refractivity (Wildman–Crippen MR) is 248 cm³/mol. The first-order chi connectivity index (χ1) is 27.7. The molecule has 0 saturated heterocycles. The van der Waals surface area contributed by atoms with Crippen molar-refractivity contribution >= 4 is 5.91 Å². The summed E-state index contributed by atoms with van der Waals surface area (Å²) in [6, 6.07) is -0.626. The summed E-state index contributed by atoms with van der Waals surface area (Å²) >= 11 is 0. The molecule has 0 bridgehead atoms. The maximum absolute atomic E-state index is 12.3. The molecule has 2 atom stereocenters. The van der Waals surface area contributed by atoms with Gasteiger partial charge in [-0.2, -0.15) is 0 Å². The minimum Gasteiger partial charge on any atom is -0.394 e. The smallest absolute Gasteiger partial charge is 0.220 e. The number of aliphatic hydroxyl groups excluding tert-OH is 2. The van der Waals surface area contributed by atoms with Gasteiger partial charge in [0, 0.05) is 6.42 Å². The monoisotopic (exact) mass is 772 g/mol. The third-order valence-corrected chi connectivity index (χ3v) is 9.45. The number of allylic oxidation sites excluding steroid dienone is 19. The van der Waals surface area contributed by atoms with E-state index in [0.717, 1.165) is 89.9 Å². The number of aliphatic hydroxyl groups is 2. The van der Waals surface area contributed by atoms with Crippen molar-refractivity contribution in [3.8, 4) is 0 Å². The molecule has 56 heavy (non-hydrogen) atoms. The van der Waals surface area contributed by atoms with Gasteiger partial charge in [0.15, 0.2) is 0 Å². The van der Waals surface area contributed by atoms with Crippen LogP contribution < -0.4 is 5.32 Å². The number of hydrogen-bond acceptors (Lipinski definition) is 3. The third-order valence-electron chi connectivity index (χ3n) is 9.45. The van der Waals surface area contributed by atoms with Gasteiger partial charge in [-0.15, -0.1) is 0 Å². The molecule has 0 fully saturated rings. The molecule has 0 aliphatic rings. The third kappa shape index (κ3) is 41.9. The molecule has 0 spiro atoms. The van der Waals surface area contributed by atoms with Crippen LogP contribution in [0.4, 0.5) is 0 Å². The highest BCUT2D eigenvalue weighted by Crippen LogP contribution is 2.13. The number of amides is 1. The Kier molecular flexibility index (Phi) is 43.5. The van der Waals surface area contributed by atoms with Gasteiger partial charge in [0.1, 0.15) is 0 Å². The fraction of sp³-hybridized carbons (Fsp3) is 0.596. The molecule has 3 N–H and O–H groups in total. The van der Waals surface area contributed by atoms with Crippen LogP contribution >= 0.6 is 0 Å². The summed E-state index contributed by atoms with van der Waals surface area (Å²) in [6.45, 7) is 4.07. The summed E-state index contributed by atoms with van der Waals surface area (Å²) in [4.78, 5) is 12.3. The molecule has 316 valence electrons. The Morgan fingerprint density at radius 2 is 0.786 bits per heavy atom. The Labute approximate surface area is 346 Å². The van der Waals surface area contributed by atoms with Gasteiger partial charge in [0.05, 0.1) is 18.8 Å². The Bertz CT molecular complexity index is 1150. The molecule has 0 aromatic rings. The number of hydrogen-bond donors (Lipinski definition) is 3. The minimum atomic E-state index is -0.842. The number of nitrogens with one attached hydrogen (secondary N) is 1. The molecule has 0 aliphatic carbocycles. The summed E-state index contributed by atoms with van der Waals surface area (Å²) in [7, 11) is 0. The zero-order valence-electron chi connectivity index (χ0n) is 36.1. The van der Waals surface area contributed by atoms with Crippen LogP contribution in [0.1, 0.15) is 181 Å². The van der Waals surface area contributed by atoms with Crippen molar-refractivity contribution in [3.63, 3.8) is 0 Å². The van der Waals surface area contributed by atoms with Crippen LogP contribution in [-0.4, -0.2) is 34.9 Å². The summed E-state index contributed by atoms with van der Waals surface area (Å²) in [5, 5.41) is 22.6. The van der Waals surface area contributed by atoms with Crippen molar-refractivity contribution < 1.29 is 15.0 Å². The second-order valence-electron chi connectivity index (χ2n) is 14.7. The lowest BCUT2D eigenvalue weighted by molar-refractivity contribution is -0.123. The fourth-order valence-electron chi connectivity index (χ4n) is 5.99. The summed E-state index contributed by atoms with van der Waals surface area (Å²) in [6.07, 6.45) is 72.1. The summed E-state index contributed by atoms with van der Waals surface area (Å²) < 4.78 is 0. The van der Waals surface area contributed by atoms with Crippen LogP contribution in [0.25, 0.3) is 0 Å². The lowest BCUT2D eigenvalue weighted by Crippen LogP contribution is -2.45. The van der Waals surface area contributed by atoms with Gasteiger partial charge in [-0.05, 0) is 89.9 Å². The van der Waals surface area contributed by atoms with Gasteiger partial charge in [0.2, 0.25) is 5.91 Å². The van der Waals surface area contributed by atoms with Crippen LogP contribution in [0, 0.1) is 0 Å². The first-order valence-electron chi connectivity index (χ1n) is 22.7. The lowest BCUT2D eigenvalue weighted by atomic mass is 10.0. The zero-order chi connectivity index (χ0) is 40.7. The van der Waals surface area contributed by atoms with Crippen molar-refractivity contribution in [1.29, 1.82) is 0 Å². The number of carbonyl (C=O) groups excluding carboxylic acids is 1. The van der Waals surface area contributed by atoms with Crippen molar-refractivity contribution in [1.82, 2.24) is 5.32 Å². The molecule has 4 nitrogen and oxygen atoms in total. The summed E-state index contributed by atoms with van der Waals surface area (Å²) in [5.74, 6) is -0.0813. The second-order valence-corrected chi connectivity index (χ2v) is 14.7. The SMILES string of the molecule is CC/C=C\C/C=C\C/C=C\C/C=C\C/C=C\C/C=C\C/C=C\C/C=C\C/C=C\CCCCCCCCCCCCCC(=O)NC(CO)C(O)/C=C/CCCCC. The van der Waals surface area contributed by atoms with E-state index in [1.165, 1.54) is 70.6 Å². The number of rotatable bonds is 39. The highest BCUT2D eigenvalue weighted by molar-refractivity contribution is 5.76. The molecule has 1 amide bonds. The van der Waals surface area contributed by atoms with E-state index in [4.69, 9.17) is 0 Å². The highest BCUT2D eigenvalue weighted by Gasteiger charge is 2.17. The van der Waals surface area contributed by atoms with Crippen molar-refractivity contribution in [2.45, 2.75) is 193 Å². The molecule has 0 aromatic heterocycles. The first-order valence-corrected chi connectivity index (χ1v) is 22.7. The van der Waals surface area contributed by atoms with Gasteiger partial charge in [-0.1, -0.05) is 206 Å². The second kappa shape index (κ2) is 46.2. The molecule has 0 rings (SSSR count). The molecule has 0 radical (unpaired) electrons. The Balaban J connectivity index is 3.56.